The summed E-state index contributed by atoms with van der Waals surface area (Å²) in [6.45, 7) is 5.81. The fraction of sp³-hybridized carbons (Fsp3) is 0.588. The van der Waals surface area contributed by atoms with E-state index in [9.17, 15) is 4.55 Å². The highest BCUT2D eigenvalue weighted by atomic mass is 35.5. The van der Waals surface area contributed by atoms with Crippen LogP contribution >= 0.6 is 23.2 Å². The molecule has 1 aromatic carbocycles. The van der Waals surface area contributed by atoms with Crippen LogP contribution in [0.5, 0.6) is 0 Å². The average molecular weight is 360 g/mol. The topological polar surface area (TPSA) is 35.4 Å². The molecule has 0 bridgehead atoms. The van der Waals surface area contributed by atoms with Crippen molar-refractivity contribution in [1.82, 2.24) is 0 Å². The van der Waals surface area contributed by atoms with Gasteiger partial charge < -0.3 is 4.55 Å². The standard InChI is InChI=1S/C17H23Cl2NOS/c1-16(2,3)22(21)20-12-17(9-5-4-6-10-17)13-7-8-14(18)15(19)11-13/h7-8,11-12H,4-6,9-10H2,1-3H3/b20-12+/t22-/m1/s1. The lowest BCUT2D eigenvalue weighted by Gasteiger charge is -2.34. The predicted molar refractivity (Wildman–Crippen MR) is 97.6 cm³/mol. The summed E-state index contributed by atoms with van der Waals surface area (Å²) in [5, 5.41) is 1.13. The first kappa shape index (κ1) is 18.1. The van der Waals surface area contributed by atoms with E-state index in [4.69, 9.17) is 23.2 Å². The summed E-state index contributed by atoms with van der Waals surface area (Å²) in [5.41, 5.74) is 0.948. The molecular formula is C17H23Cl2NOS. The van der Waals surface area contributed by atoms with Crippen molar-refractivity contribution in [2.75, 3.05) is 0 Å². The van der Waals surface area contributed by atoms with Gasteiger partial charge in [-0.15, -0.1) is 0 Å². The summed E-state index contributed by atoms with van der Waals surface area (Å²) in [7, 11) is 0. The predicted octanol–water partition coefficient (Wildman–Crippen LogP) is 5.73. The summed E-state index contributed by atoms with van der Waals surface area (Å²) in [4.78, 5) is 0. The highest BCUT2D eigenvalue weighted by Gasteiger charge is 2.35. The number of hydrogen-bond acceptors (Lipinski definition) is 2. The van der Waals surface area contributed by atoms with E-state index in [0.717, 1.165) is 31.2 Å². The molecule has 122 valence electrons. The van der Waals surface area contributed by atoms with E-state index < -0.39 is 11.4 Å². The van der Waals surface area contributed by atoms with Gasteiger partial charge in [-0.25, -0.2) is 0 Å². The van der Waals surface area contributed by atoms with Crippen LogP contribution in [0, 0.1) is 0 Å². The number of rotatable bonds is 3. The first-order valence-electron chi connectivity index (χ1n) is 7.67. The fourth-order valence-electron chi connectivity index (χ4n) is 2.79. The molecule has 22 heavy (non-hydrogen) atoms. The third-order valence-corrected chi connectivity index (χ3v) is 6.24. The van der Waals surface area contributed by atoms with Crippen LogP contribution in [0.15, 0.2) is 22.6 Å². The Bertz CT molecular complexity index is 548. The Morgan fingerprint density at radius 2 is 1.77 bits per heavy atom. The van der Waals surface area contributed by atoms with Crippen molar-refractivity contribution in [2.45, 2.75) is 63.0 Å². The second-order valence-corrected chi connectivity index (χ2v) is 9.69. The zero-order valence-corrected chi connectivity index (χ0v) is 15.7. The first-order valence-corrected chi connectivity index (χ1v) is 9.54. The van der Waals surface area contributed by atoms with Gasteiger partial charge in [0.2, 0.25) is 0 Å². The molecule has 1 aromatic rings. The van der Waals surface area contributed by atoms with Crippen molar-refractivity contribution in [3.05, 3.63) is 33.8 Å². The van der Waals surface area contributed by atoms with Crippen molar-refractivity contribution in [3.8, 4) is 0 Å². The van der Waals surface area contributed by atoms with Gasteiger partial charge in [-0.2, -0.15) is 0 Å². The van der Waals surface area contributed by atoms with Gasteiger partial charge in [0, 0.05) is 5.41 Å². The van der Waals surface area contributed by atoms with Crippen molar-refractivity contribution < 1.29 is 4.55 Å². The van der Waals surface area contributed by atoms with E-state index in [1.54, 1.807) is 0 Å². The Morgan fingerprint density at radius 1 is 1.14 bits per heavy atom. The molecule has 1 saturated carbocycles. The molecule has 0 unspecified atom stereocenters. The first-order chi connectivity index (χ1) is 10.2. The molecule has 1 fully saturated rings. The normalized spacial score (nSPS) is 20.3. The Morgan fingerprint density at radius 3 is 2.32 bits per heavy atom. The summed E-state index contributed by atoms with van der Waals surface area (Å²) < 4.78 is 16.3. The van der Waals surface area contributed by atoms with Gasteiger partial charge in [0.05, 0.1) is 16.3 Å². The molecule has 0 radical (unpaired) electrons. The maximum atomic E-state index is 12.3. The SMILES string of the molecule is CC(C)(C)[S@@+]([O-])/N=C/C1(c2ccc(Cl)c(Cl)c2)CCCCC1. The lowest BCUT2D eigenvalue weighted by molar-refractivity contribution is 0.386. The molecule has 0 heterocycles. The number of nitrogens with zero attached hydrogens (tertiary/aromatic N) is 1. The highest BCUT2D eigenvalue weighted by Crippen LogP contribution is 2.40. The monoisotopic (exact) mass is 359 g/mol. The molecule has 2 rings (SSSR count). The minimum absolute atomic E-state index is 0.173. The maximum Gasteiger partial charge on any atom is 0.144 e. The summed E-state index contributed by atoms with van der Waals surface area (Å²) in [5.74, 6) is 0. The Labute approximate surface area is 146 Å². The number of halogens is 2. The fourth-order valence-corrected chi connectivity index (χ4v) is 3.70. The van der Waals surface area contributed by atoms with Gasteiger partial charge in [-0.1, -0.05) is 52.9 Å². The zero-order valence-electron chi connectivity index (χ0n) is 13.4. The van der Waals surface area contributed by atoms with Crippen LogP contribution in [-0.2, 0) is 16.8 Å². The van der Waals surface area contributed by atoms with E-state index in [1.165, 1.54) is 6.42 Å². The van der Waals surface area contributed by atoms with E-state index in [2.05, 4.69) is 4.40 Å². The van der Waals surface area contributed by atoms with Crippen molar-refractivity contribution in [1.29, 1.82) is 0 Å². The average Bonchev–Trinajstić information content (AvgIpc) is 2.47. The van der Waals surface area contributed by atoms with Crippen LogP contribution in [0.3, 0.4) is 0 Å². The molecule has 0 spiro atoms. The molecule has 1 aliphatic carbocycles. The van der Waals surface area contributed by atoms with Crippen LogP contribution in [-0.4, -0.2) is 15.5 Å². The molecule has 0 amide bonds. The molecule has 0 saturated heterocycles. The van der Waals surface area contributed by atoms with Crippen molar-refractivity contribution >= 4 is 40.8 Å². The zero-order chi connectivity index (χ0) is 16.4. The van der Waals surface area contributed by atoms with Crippen molar-refractivity contribution in [2.24, 2.45) is 4.40 Å². The smallest absolute Gasteiger partial charge is 0.144 e. The lowest BCUT2D eigenvalue weighted by atomic mass is 9.70. The summed E-state index contributed by atoms with van der Waals surface area (Å²) >= 11 is 11.0. The van der Waals surface area contributed by atoms with Crippen LogP contribution in [0.4, 0.5) is 0 Å². The minimum atomic E-state index is -1.24. The van der Waals surface area contributed by atoms with Gasteiger partial charge >= 0.3 is 0 Å². The summed E-state index contributed by atoms with van der Waals surface area (Å²) in [6, 6.07) is 5.79. The minimum Gasteiger partial charge on any atom is -0.591 e. The van der Waals surface area contributed by atoms with Crippen molar-refractivity contribution in [3.63, 3.8) is 0 Å². The molecule has 1 aliphatic rings. The largest absolute Gasteiger partial charge is 0.591 e. The highest BCUT2D eigenvalue weighted by molar-refractivity contribution is 7.91. The Kier molecular flexibility index (Phi) is 5.87. The molecular weight excluding hydrogens is 337 g/mol. The van der Waals surface area contributed by atoms with Gasteiger partial charge in [0.15, 0.2) is 0 Å². The van der Waals surface area contributed by atoms with E-state index in [1.807, 2.05) is 45.2 Å². The lowest BCUT2D eigenvalue weighted by Crippen LogP contribution is -2.33. The van der Waals surface area contributed by atoms with Gasteiger partial charge in [0.1, 0.15) is 16.1 Å². The quantitative estimate of drug-likeness (QED) is 0.501. The van der Waals surface area contributed by atoms with Crippen LogP contribution in [0.25, 0.3) is 0 Å². The second kappa shape index (κ2) is 7.12. The van der Waals surface area contributed by atoms with Crippen LogP contribution < -0.4 is 0 Å². The Hall–Kier alpha value is -0.220. The van der Waals surface area contributed by atoms with Gasteiger partial charge in [-0.05, 0) is 51.3 Å². The molecule has 0 N–H and O–H groups in total. The second-order valence-electron chi connectivity index (χ2n) is 6.94. The van der Waals surface area contributed by atoms with E-state index >= 15 is 0 Å². The number of benzene rings is 1. The molecule has 2 nitrogen and oxygen atoms in total. The molecule has 0 aliphatic heterocycles. The van der Waals surface area contributed by atoms with Crippen LogP contribution in [0.2, 0.25) is 10.0 Å². The Balaban J connectivity index is 2.35. The van der Waals surface area contributed by atoms with Crippen LogP contribution in [0.1, 0.15) is 58.4 Å². The number of hydrogen-bond donors (Lipinski definition) is 0. The molecule has 1 atom stereocenters. The van der Waals surface area contributed by atoms with E-state index in [0.29, 0.717) is 10.0 Å². The third kappa shape index (κ3) is 4.19. The van der Waals surface area contributed by atoms with E-state index in [-0.39, 0.29) is 10.2 Å². The molecule has 0 aromatic heterocycles. The summed E-state index contributed by atoms with van der Waals surface area (Å²) in [6.07, 6.45) is 7.46. The third-order valence-electron chi connectivity index (χ3n) is 4.16. The maximum absolute atomic E-state index is 12.3. The van der Waals surface area contributed by atoms with Gasteiger partial charge in [0.25, 0.3) is 0 Å². The molecule has 5 heteroatoms. The van der Waals surface area contributed by atoms with Gasteiger partial charge in [-0.3, -0.25) is 0 Å².